The van der Waals surface area contributed by atoms with Crippen molar-refractivity contribution < 1.29 is 37.0 Å². The highest BCUT2D eigenvalue weighted by Crippen LogP contribution is 2.49. The summed E-state index contributed by atoms with van der Waals surface area (Å²) in [5.74, 6) is -0.287. The van der Waals surface area contributed by atoms with E-state index in [0.717, 1.165) is 50.6 Å². The largest absolute Gasteiger partial charge is 0.490 e. The van der Waals surface area contributed by atoms with Crippen molar-refractivity contribution in [2.24, 2.45) is 23.7 Å². The second-order valence-electron chi connectivity index (χ2n) is 17.3. The van der Waals surface area contributed by atoms with Crippen LogP contribution in [-0.4, -0.2) is 81.5 Å². The molecule has 6 atom stereocenters. The van der Waals surface area contributed by atoms with E-state index in [1.807, 2.05) is 13.0 Å². The first-order valence-corrected chi connectivity index (χ1v) is 22.4. The Kier molecular flexibility index (Phi) is 10.1. The first-order chi connectivity index (χ1) is 27.4. The van der Waals surface area contributed by atoms with E-state index < -0.39 is 33.5 Å². The second-order valence-corrected chi connectivity index (χ2v) is 19.7. The van der Waals surface area contributed by atoms with Crippen LogP contribution in [-0.2, 0) is 31.3 Å². The maximum Gasteiger partial charge on any atom is 0.264 e. The molecule has 0 radical (unpaired) electrons. The van der Waals surface area contributed by atoms with E-state index in [0.29, 0.717) is 48.0 Å². The molecule has 11 nitrogen and oxygen atoms in total. The SMILES string of the molecule is CC1CCC[C@@H](C2OCC(N3C(=O)c4ccccc4C3=O)CO2)C2CC[C@H]2CN2C[C@@]3(CCCc4cc(Cl)ccc43)COc3ccc(cc32)C(=O)NS(=O)(=O)[C@@H]1C. The number of benzene rings is 3. The summed E-state index contributed by atoms with van der Waals surface area (Å²) in [6.45, 7) is 5.79. The van der Waals surface area contributed by atoms with E-state index in [2.05, 4.69) is 21.8 Å². The van der Waals surface area contributed by atoms with Crippen LogP contribution in [0.3, 0.4) is 0 Å². The lowest BCUT2D eigenvalue weighted by Crippen LogP contribution is -2.54. The summed E-state index contributed by atoms with van der Waals surface area (Å²) in [6, 6.07) is 17.8. The minimum absolute atomic E-state index is 0.0131. The third-order valence-corrected chi connectivity index (χ3v) is 16.1. The van der Waals surface area contributed by atoms with Crippen LogP contribution in [0, 0.1) is 23.7 Å². The molecule has 3 aromatic carbocycles. The minimum Gasteiger partial charge on any atom is -0.490 e. The zero-order valence-corrected chi connectivity index (χ0v) is 34.0. The van der Waals surface area contributed by atoms with E-state index in [-0.39, 0.29) is 59.7 Å². The van der Waals surface area contributed by atoms with E-state index in [1.54, 1.807) is 49.4 Å². The number of amides is 3. The number of carbonyl (C=O) groups excluding carboxylic acids is 3. The molecule has 13 heteroatoms. The Hall–Kier alpha value is -3.97. The van der Waals surface area contributed by atoms with Gasteiger partial charge in [-0.25, -0.2) is 13.1 Å². The summed E-state index contributed by atoms with van der Waals surface area (Å²) < 4.78 is 49.3. The van der Waals surface area contributed by atoms with Crippen LogP contribution in [0.2, 0.25) is 5.02 Å². The molecule has 1 saturated carbocycles. The Morgan fingerprint density at radius 2 is 1.61 bits per heavy atom. The van der Waals surface area contributed by atoms with Gasteiger partial charge in [0.1, 0.15) is 5.75 Å². The number of aryl methyl sites for hydroxylation is 1. The number of sulfonamides is 1. The van der Waals surface area contributed by atoms with Gasteiger partial charge in [0.25, 0.3) is 17.7 Å². The molecule has 2 unspecified atom stereocenters. The molecule has 6 aliphatic rings. The Morgan fingerprint density at radius 1 is 0.860 bits per heavy atom. The molecule has 9 rings (SSSR count). The quantitative estimate of drug-likeness (QED) is 0.279. The number of halogens is 1. The maximum atomic E-state index is 13.7. The van der Waals surface area contributed by atoms with Crippen molar-refractivity contribution in [2.45, 2.75) is 88.2 Å². The predicted molar refractivity (Wildman–Crippen MR) is 215 cm³/mol. The van der Waals surface area contributed by atoms with Crippen LogP contribution in [0.4, 0.5) is 5.69 Å². The Morgan fingerprint density at radius 3 is 2.33 bits per heavy atom. The molecule has 1 spiro atoms. The molecule has 2 fully saturated rings. The second kappa shape index (κ2) is 15.0. The number of nitrogens with one attached hydrogen (secondary N) is 1. The lowest BCUT2D eigenvalue weighted by Gasteiger charge is -2.49. The Balaban J connectivity index is 1.03. The van der Waals surface area contributed by atoms with Crippen LogP contribution < -0.4 is 14.4 Å². The fourth-order valence-corrected chi connectivity index (χ4v) is 11.9. The van der Waals surface area contributed by atoms with Gasteiger partial charge in [-0.05, 0) is 123 Å². The molecule has 4 heterocycles. The average molecular weight is 816 g/mol. The third-order valence-electron chi connectivity index (χ3n) is 13.9. The van der Waals surface area contributed by atoms with Gasteiger partial charge in [-0.1, -0.05) is 43.1 Å². The highest BCUT2D eigenvalue weighted by atomic mass is 35.5. The van der Waals surface area contributed by atoms with Gasteiger partial charge in [0.05, 0.1) is 47.9 Å². The molecule has 0 aromatic heterocycles. The van der Waals surface area contributed by atoms with Gasteiger partial charge in [0.15, 0.2) is 6.29 Å². The molecule has 2 bridgehead atoms. The molecule has 302 valence electrons. The standard InChI is InChI=1S/C44H50ClN3O8S/c1-26-7-5-11-36(43-54-22-32(23-55-43)48-41(50)34-9-3-4-10-35(34)42(48)51)33-15-12-30(33)21-47-24-44(18-6-8-28-19-31(45)14-16-37(28)44)25-56-39-17-13-29(20-38(39)47)40(49)46-57(52,53)27(26)2/h3-4,9-10,13-14,16-17,19-20,26-27,30,32-33,36,43H,5-8,11-12,15,18,21-25H2,1-2H3,(H,46,49)/t26?,27-,30+,32?,33?,36-,43?,44+/m1/s1. The van der Waals surface area contributed by atoms with E-state index >= 15 is 0 Å². The number of ether oxygens (including phenoxy) is 3. The van der Waals surface area contributed by atoms with Crippen LogP contribution in [0.5, 0.6) is 5.75 Å². The molecule has 1 N–H and O–H groups in total. The molecule has 3 amide bonds. The molecular formula is C44H50ClN3O8S. The molecular weight excluding hydrogens is 766 g/mol. The van der Waals surface area contributed by atoms with Crippen molar-refractivity contribution in [3.05, 3.63) is 93.5 Å². The summed E-state index contributed by atoms with van der Waals surface area (Å²) in [7, 11) is -3.99. The Labute approximate surface area is 339 Å². The number of hydrogen-bond donors (Lipinski definition) is 1. The fraction of sp³-hybridized carbons (Fsp3) is 0.523. The van der Waals surface area contributed by atoms with Gasteiger partial charge in [-0.15, -0.1) is 0 Å². The minimum atomic E-state index is -3.99. The van der Waals surface area contributed by atoms with E-state index in [9.17, 15) is 22.8 Å². The molecule has 1 saturated heterocycles. The fourth-order valence-electron chi connectivity index (χ4n) is 10.4. The maximum absolute atomic E-state index is 13.7. The van der Waals surface area contributed by atoms with Crippen molar-refractivity contribution in [2.75, 3.05) is 37.8 Å². The van der Waals surface area contributed by atoms with Crippen molar-refractivity contribution in [3.8, 4) is 5.75 Å². The van der Waals surface area contributed by atoms with Crippen molar-refractivity contribution in [1.29, 1.82) is 0 Å². The first kappa shape index (κ1) is 38.5. The highest BCUT2D eigenvalue weighted by Gasteiger charge is 2.48. The Bertz CT molecular complexity index is 2170. The lowest BCUT2D eigenvalue weighted by molar-refractivity contribution is -0.237. The molecule has 2 aliphatic carbocycles. The highest BCUT2D eigenvalue weighted by molar-refractivity contribution is 7.90. The van der Waals surface area contributed by atoms with Gasteiger partial charge in [-0.3, -0.25) is 19.3 Å². The number of anilines is 1. The van der Waals surface area contributed by atoms with Gasteiger partial charge in [0, 0.05) is 35.0 Å². The lowest BCUT2D eigenvalue weighted by atomic mass is 9.64. The van der Waals surface area contributed by atoms with Crippen molar-refractivity contribution in [1.82, 2.24) is 9.62 Å². The third kappa shape index (κ3) is 6.94. The van der Waals surface area contributed by atoms with Crippen LogP contribution in [0.15, 0.2) is 60.7 Å². The summed E-state index contributed by atoms with van der Waals surface area (Å²) in [5, 5.41) is -0.0826. The number of carbonyl (C=O) groups is 3. The number of imide groups is 1. The number of rotatable bonds is 2. The number of nitrogens with zero attached hydrogens (tertiary/aromatic N) is 2. The monoisotopic (exact) mass is 815 g/mol. The zero-order chi connectivity index (χ0) is 39.6. The smallest absolute Gasteiger partial charge is 0.264 e. The average Bonchev–Trinajstić information content (AvgIpc) is 3.34. The summed E-state index contributed by atoms with van der Waals surface area (Å²) in [5.41, 5.74) is 4.01. The van der Waals surface area contributed by atoms with Crippen molar-refractivity contribution >= 4 is 45.0 Å². The van der Waals surface area contributed by atoms with Crippen LogP contribution in [0.25, 0.3) is 0 Å². The summed E-state index contributed by atoms with van der Waals surface area (Å²) in [6.07, 6.45) is 6.50. The zero-order valence-electron chi connectivity index (χ0n) is 32.5. The predicted octanol–water partition coefficient (Wildman–Crippen LogP) is 6.76. The molecule has 3 aromatic rings. The normalized spacial score (nSPS) is 32.6. The van der Waals surface area contributed by atoms with Gasteiger partial charge < -0.3 is 19.1 Å². The van der Waals surface area contributed by atoms with Crippen LogP contribution in [0.1, 0.15) is 101 Å². The first-order valence-electron chi connectivity index (χ1n) is 20.5. The van der Waals surface area contributed by atoms with Gasteiger partial charge in [0.2, 0.25) is 10.0 Å². The summed E-state index contributed by atoms with van der Waals surface area (Å²) in [4.78, 5) is 43.9. The number of fused-ring (bicyclic) bond motifs is 5. The summed E-state index contributed by atoms with van der Waals surface area (Å²) >= 11 is 6.49. The van der Waals surface area contributed by atoms with Gasteiger partial charge in [-0.2, -0.15) is 0 Å². The topological polar surface area (TPSA) is 132 Å². The van der Waals surface area contributed by atoms with E-state index in [1.165, 1.54) is 16.0 Å². The van der Waals surface area contributed by atoms with Crippen molar-refractivity contribution in [3.63, 3.8) is 0 Å². The van der Waals surface area contributed by atoms with Gasteiger partial charge >= 0.3 is 0 Å². The van der Waals surface area contributed by atoms with E-state index in [4.69, 9.17) is 25.8 Å². The number of hydrogen-bond acceptors (Lipinski definition) is 9. The molecule has 4 aliphatic heterocycles. The van der Waals surface area contributed by atoms with Crippen LogP contribution >= 0.6 is 11.6 Å². The molecule has 57 heavy (non-hydrogen) atoms.